The van der Waals surface area contributed by atoms with Crippen LogP contribution in [0.3, 0.4) is 0 Å². The molecule has 0 bridgehead atoms. The topological polar surface area (TPSA) is 38.8 Å². The predicted molar refractivity (Wildman–Crippen MR) is 73.4 cm³/mol. The summed E-state index contributed by atoms with van der Waals surface area (Å²) < 4.78 is 58.7. The molecule has 1 aliphatic heterocycles. The number of halogens is 4. The monoisotopic (exact) mass is 335 g/mol. The second kappa shape index (κ2) is 7.16. The summed E-state index contributed by atoms with van der Waals surface area (Å²) in [5.74, 6) is -0.721. The van der Waals surface area contributed by atoms with Gasteiger partial charge in [0.15, 0.2) is 11.6 Å². The van der Waals surface area contributed by atoms with Gasteiger partial charge in [-0.3, -0.25) is 9.53 Å². The second-order valence-electron chi connectivity index (χ2n) is 5.29. The molecule has 1 heterocycles. The molecule has 1 aromatic carbocycles. The summed E-state index contributed by atoms with van der Waals surface area (Å²) in [6.45, 7) is 0.385. The average Bonchev–Trinajstić information content (AvgIpc) is 2.46. The summed E-state index contributed by atoms with van der Waals surface area (Å²) in [7, 11) is 1.34. The van der Waals surface area contributed by atoms with Gasteiger partial charge in [0.1, 0.15) is 0 Å². The number of hydrogen-bond donors (Lipinski definition) is 0. The maximum absolute atomic E-state index is 13.6. The van der Waals surface area contributed by atoms with Gasteiger partial charge in [-0.15, -0.1) is 13.2 Å². The van der Waals surface area contributed by atoms with E-state index in [1.807, 2.05) is 0 Å². The van der Waals surface area contributed by atoms with E-state index in [1.165, 1.54) is 24.1 Å². The lowest BCUT2D eigenvalue weighted by Gasteiger charge is -2.32. The summed E-state index contributed by atoms with van der Waals surface area (Å²) in [5, 5.41) is 0. The third-order valence-electron chi connectivity index (χ3n) is 3.67. The fourth-order valence-corrected chi connectivity index (χ4v) is 2.52. The zero-order valence-corrected chi connectivity index (χ0v) is 12.5. The molecule has 0 saturated carbocycles. The first-order valence-corrected chi connectivity index (χ1v) is 7.13. The van der Waals surface area contributed by atoms with E-state index < -0.39 is 18.3 Å². The number of methoxy groups -OCH3 is 1. The van der Waals surface area contributed by atoms with Gasteiger partial charge >= 0.3 is 6.36 Å². The number of piperidine rings is 1. The van der Waals surface area contributed by atoms with Crippen molar-refractivity contribution < 1.29 is 31.8 Å². The largest absolute Gasteiger partial charge is 0.522 e. The minimum atomic E-state index is -4.66. The van der Waals surface area contributed by atoms with Gasteiger partial charge in [0.25, 0.3) is 0 Å². The van der Waals surface area contributed by atoms with E-state index in [0.717, 1.165) is 0 Å². The van der Waals surface area contributed by atoms with E-state index in [1.54, 1.807) is 6.07 Å². The Kier molecular flexibility index (Phi) is 5.46. The number of alkyl halides is 3. The van der Waals surface area contributed by atoms with Crippen molar-refractivity contribution in [1.82, 2.24) is 4.90 Å². The second-order valence-corrected chi connectivity index (χ2v) is 5.29. The molecular formula is C15H17F4NO3. The highest BCUT2D eigenvalue weighted by molar-refractivity contribution is 5.78. The highest BCUT2D eigenvalue weighted by atomic mass is 19.4. The summed E-state index contributed by atoms with van der Waals surface area (Å²) in [6.07, 6.45) is -5.33. The van der Waals surface area contributed by atoms with Gasteiger partial charge < -0.3 is 9.64 Å². The third-order valence-corrected chi connectivity index (χ3v) is 3.67. The van der Waals surface area contributed by atoms with Gasteiger partial charge in [0, 0.05) is 13.1 Å². The number of benzene rings is 1. The first-order valence-electron chi connectivity index (χ1n) is 7.13. The minimum absolute atomic E-state index is 0.00823. The van der Waals surface area contributed by atoms with Crippen LogP contribution in [0.1, 0.15) is 18.4 Å². The van der Waals surface area contributed by atoms with Crippen molar-refractivity contribution in [2.75, 3.05) is 20.2 Å². The molecule has 1 saturated heterocycles. The molecule has 0 aliphatic carbocycles. The quantitative estimate of drug-likeness (QED) is 0.794. The smallest absolute Gasteiger partial charge is 0.494 e. The maximum atomic E-state index is 13.6. The van der Waals surface area contributed by atoms with Crippen molar-refractivity contribution >= 4 is 5.91 Å². The van der Waals surface area contributed by atoms with Crippen LogP contribution >= 0.6 is 0 Å². The van der Waals surface area contributed by atoms with Crippen molar-refractivity contribution in [1.29, 1.82) is 0 Å². The van der Waals surface area contributed by atoms with Gasteiger partial charge in [0.05, 0.1) is 19.6 Å². The molecule has 0 aromatic heterocycles. The molecule has 1 fully saturated rings. The Morgan fingerprint density at radius 1 is 1.30 bits per heavy atom. The number of carbonyl (C=O) groups is 1. The molecular weight excluding hydrogens is 318 g/mol. The van der Waals surface area contributed by atoms with Crippen LogP contribution in [-0.4, -0.2) is 43.5 Å². The number of amides is 1. The van der Waals surface area contributed by atoms with Gasteiger partial charge in [-0.25, -0.2) is 4.39 Å². The standard InChI is InChI=1S/C15H17F4NO3/c1-22-13-3-2-10(8-12(13)16)9-14(21)20-6-4-11(5-7-20)23-15(17,18)19/h2-3,8,11H,4-7,9H2,1H3. The van der Waals surface area contributed by atoms with Gasteiger partial charge in [-0.05, 0) is 30.5 Å². The zero-order valence-electron chi connectivity index (χ0n) is 12.5. The van der Waals surface area contributed by atoms with Crippen LogP contribution in [0.5, 0.6) is 5.75 Å². The molecule has 2 rings (SSSR count). The predicted octanol–water partition coefficient (Wildman–Crippen LogP) is 2.90. The number of nitrogens with zero attached hydrogens (tertiary/aromatic N) is 1. The Morgan fingerprint density at radius 3 is 2.48 bits per heavy atom. The average molecular weight is 335 g/mol. The number of carbonyl (C=O) groups excluding carboxylic acids is 1. The molecule has 128 valence electrons. The molecule has 0 radical (unpaired) electrons. The van der Waals surface area contributed by atoms with Crippen LogP contribution in [0.4, 0.5) is 17.6 Å². The molecule has 0 spiro atoms. The first kappa shape index (κ1) is 17.5. The van der Waals surface area contributed by atoms with Crippen LogP contribution in [0.15, 0.2) is 18.2 Å². The Morgan fingerprint density at radius 2 is 1.96 bits per heavy atom. The number of ether oxygens (including phenoxy) is 2. The molecule has 0 unspecified atom stereocenters. The van der Waals surface area contributed by atoms with E-state index in [2.05, 4.69) is 4.74 Å². The fourth-order valence-electron chi connectivity index (χ4n) is 2.52. The number of rotatable bonds is 4. The molecule has 0 atom stereocenters. The lowest BCUT2D eigenvalue weighted by Crippen LogP contribution is -2.42. The van der Waals surface area contributed by atoms with E-state index in [9.17, 15) is 22.4 Å². The van der Waals surface area contributed by atoms with Crippen LogP contribution in [0.2, 0.25) is 0 Å². The molecule has 1 amide bonds. The highest BCUT2D eigenvalue weighted by Crippen LogP contribution is 2.25. The Hall–Kier alpha value is -1.83. The maximum Gasteiger partial charge on any atom is 0.522 e. The van der Waals surface area contributed by atoms with E-state index >= 15 is 0 Å². The van der Waals surface area contributed by atoms with E-state index in [4.69, 9.17) is 4.74 Å². The number of hydrogen-bond acceptors (Lipinski definition) is 3. The van der Waals surface area contributed by atoms with Crippen LogP contribution in [0, 0.1) is 5.82 Å². The molecule has 1 aliphatic rings. The Bertz CT molecular complexity index is 554. The molecule has 23 heavy (non-hydrogen) atoms. The van der Waals surface area contributed by atoms with Gasteiger partial charge in [-0.2, -0.15) is 0 Å². The lowest BCUT2D eigenvalue weighted by atomic mass is 10.1. The van der Waals surface area contributed by atoms with Crippen LogP contribution < -0.4 is 4.74 Å². The van der Waals surface area contributed by atoms with Crippen molar-refractivity contribution in [2.24, 2.45) is 0 Å². The number of likely N-dealkylation sites (tertiary alicyclic amines) is 1. The van der Waals surface area contributed by atoms with Crippen molar-refractivity contribution in [2.45, 2.75) is 31.7 Å². The minimum Gasteiger partial charge on any atom is -0.494 e. The van der Waals surface area contributed by atoms with E-state index in [0.29, 0.717) is 5.56 Å². The van der Waals surface area contributed by atoms with E-state index in [-0.39, 0.29) is 44.0 Å². The normalized spacial score (nSPS) is 16.5. The van der Waals surface area contributed by atoms with Crippen molar-refractivity contribution in [3.63, 3.8) is 0 Å². The molecule has 0 N–H and O–H groups in total. The summed E-state index contributed by atoms with van der Waals surface area (Å²) in [4.78, 5) is 13.6. The molecule has 4 nitrogen and oxygen atoms in total. The fraction of sp³-hybridized carbons (Fsp3) is 0.533. The first-order chi connectivity index (χ1) is 10.8. The molecule has 8 heteroatoms. The lowest BCUT2D eigenvalue weighted by molar-refractivity contribution is -0.345. The van der Waals surface area contributed by atoms with Gasteiger partial charge in [-0.1, -0.05) is 6.07 Å². The Labute approximate surface area is 131 Å². The summed E-state index contributed by atoms with van der Waals surface area (Å²) in [6, 6.07) is 4.23. The zero-order chi connectivity index (χ0) is 17.0. The van der Waals surface area contributed by atoms with Gasteiger partial charge in [0.2, 0.25) is 5.91 Å². The highest BCUT2D eigenvalue weighted by Gasteiger charge is 2.35. The summed E-state index contributed by atoms with van der Waals surface area (Å²) >= 11 is 0. The van der Waals surface area contributed by atoms with Crippen LogP contribution in [0.25, 0.3) is 0 Å². The third kappa shape index (κ3) is 5.09. The Balaban J connectivity index is 1.87. The van der Waals surface area contributed by atoms with Crippen molar-refractivity contribution in [3.8, 4) is 5.75 Å². The van der Waals surface area contributed by atoms with Crippen molar-refractivity contribution in [3.05, 3.63) is 29.6 Å². The summed E-state index contributed by atoms with van der Waals surface area (Å²) in [5.41, 5.74) is 0.488. The van der Waals surface area contributed by atoms with Crippen LogP contribution in [-0.2, 0) is 16.0 Å². The SMILES string of the molecule is COc1ccc(CC(=O)N2CCC(OC(F)(F)F)CC2)cc1F. The molecule has 1 aromatic rings.